The highest BCUT2D eigenvalue weighted by molar-refractivity contribution is 9.10. The second kappa shape index (κ2) is 6.33. The van der Waals surface area contributed by atoms with Crippen LogP contribution in [0.1, 0.15) is 22.8 Å². The first-order valence-electron chi connectivity index (χ1n) is 8.33. The van der Waals surface area contributed by atoms with Gasteiger partial charge in [0.05, 0.1) is 17.8 Å². The number of carbonyl (C=O) groups excluding carboxylic acids is 2. The summed E-state index contributed by atoms with van der Waals surface area (Å²) in [5, 5.41) is 2.42. The predicted octanol–water partition coefficient (Wildman–Crippen LogP) is 2.70. The third-order valence-corrected chi connectivity index (χ3v) is 5.79. The summed E-state index contributed by atoms with van der Waals surface area (Å²) < 4.78 is 28.2. The highest BCUT2D eigenvalue weighted by atomic mass is 79.9. The van der Waals surface area contributed by atoms with Gasteiger partial charge in [-0.3, -0.25) is 14.9 Å². The summed E-state index contributed by atoms with van der Waals surface area (Å²) >= 11 is 3.38. The highest BCUT2D eigenvalue weighted by Gasteiger charge is 2.67. The Bertz CT molecular complexity index is 929. The second-order valence-corrected chi connectivity index (χ2v) is 7.77. The van der Waals surface area contributed by atoms with Gasteiger partial charge in [0.15, 0.2) is 5.82 Å². The van der Waals surface area contributed by atoms with Crippen LogP contribution in [0.15, 0.2) is 35.1 Å². The van der Waals surface area contributed by atoms with Crippen LogP contribution in [0, 0.1) is 11.7 Å². The lowest BCUT2D eigenvalue weighted by molar-refractivity contribution is -0.117. The van der Waals surface area contributed by atoms with Crippen LogP contribution < -0.4 is 5.32 Å². The van der Waals surface area contributed by atoms with Gasteiger partial charge in [-0.1, -0.05) is 22.9 Å². The van der Waals surface area contributed by atoms with Crippen molar-refractivity contribution in [2.75, 3.05) is 18.4 Å². The number of hydrogen-bond acceptors (Lipinski definition) is 4. The van der Waals surface area contributed by atoms with Crippen LogP contribution in [-0.4, -0.2) is 45.9 Å². The maximum absolute atomic E-state index is 14.6. The van der Waals surface area contributed by atoms with Crippen molar-refractivity contribution in [1.29, 1.82) is 0 Å². The molecule has 3 atom stereocenters. The number of halogens is 3. The average Bonchev–Trinajstić information content (AvgIpc) is 3.15. The summed E-state index contributed by atoms with van der Waals surface area (Å²) in [5.41, 5.74) is 0.294. The minimum atomic E-state index is -1.08. The highest BCUT2D eigenvalue weighted by Crippen LogP contribution is 2.59. The van der Waals surface area contributed by atoms with Gasteiger partial charge in [-0.15, -0.1) is 0 Å². The van der Waals surface area contributed by atoms with E-state index < -0.39 is 23.3 Å². The van der Waals surface area contributed by atoms with Crippen molar-refractivity contribution in [3.8, 4) is 0 Å². The van der Waals surface area contributed by atoms with Crippen LogP contribution >= 0.6 is 15.9 Å². The van der Waals surface area contributed by atoms with Crippen LogP contribution in [0.2, 0.25) is 0 Å². The van der Waals surface area contributed by atoms with Gasteiger partial charge in [0, 0.05) is 22.5 Å². The number of alkyl halides is 1. The minimum Gasteiger partial charge on any atom is -0.328 e. The molecule has 27 heavy (non-hydrogen) atoms. The number of hydrogen-bond donors (Lipinski definition) is 1. The minimum absolute atomic E-state index is 0.0620. The lowest BCUT2D eigenvalue weighted by atomic mass is 9.84. The molecule has 1 N–H and O–H groups in total. The first-order valence-corrected chi connectivity index (χ1v) is 9.13. The van der Waals surface area contributed by atoms with Crippen molar-refractivity contribution in [2.45, 2.75) is 18.5 Å². The lowest BCUT2D eigenvalue weighted by Crippen LogP contribution is -2.48. The number of fused-ring (bicyclic) bond motifs is 2. The molecular weight excluding hydrogens is 422 g/mol. The van der Waals surface area contributed by atoms with E-state index in [0.717, 1.165) is 16.9 Å². The molecular formula is C18H15BrF2N4O2. The topological polar surface area (TPSA) is 75.2 Å². The molecule has 9 heteroatoms. The number of nitrogens with zero attached hydrogens (tertiary/aromatic N) is 3. The molecule has 1 aromatic carbocycles. The van der Waals surface area contributed by atoms with E-state index >= 15 is 0 Å². The quantitative estimate of drug-likeness (QED) is 0.802. The van der Waals surface area contributed by atoms with E-state index in [1.165, 1.54) is 4.90 Å². The molecule has 4 rings (SSSR count). The summed E-state index contributed by atoms with van der Waals surface area (Å²) in [6.45, 7) is 1.65. The molecule has 0 saturated heterocycles. The first-order chi connectivity index (χ1) is 12.8. The van der Waals surface area contributed by atoms with Gasteiger partial charge in [-0.25, -0.2) is 18.7 Å². The Morgan fingerprint density at radius 1 is 1.41 bits per heavy atom. The third kappa shape index (κ3) is 2.90. The summed E-state index contributed by atoms with van der Waals surface area (Å²) in [5.74, 6) is -1.79. The van der Waals surface area contributed by atoms with Gasteiger partial charge in [0.25, 0.3) is 5.91 Å². The fourth-order valence-electron chi connectivity index (χ4n) is 3.77. The second-order valence-electron chi connectivity index (χ2n) is 6.85. The zero-order chi connectivity index (χ0) is 19.3. The smallest absolute Gasteiger partial charge is 0.254 e. The van der Waals surface area contributed by atoms with Crippen LogP contribution in [0.4, 0.5) is 14.7 Å². The van der Waals surface area contributed by atoms with E-state index in [4.69, 9.17) is 0 Å². The molecule has 1 aromatic heterocycles. The largest absolute Gasteiger partial charge is 0.328 e. The Balaban J connectivity index is 1.57. The van der Waals surface area contributed by atoms with Gasteiger partial charge >= 0.3 is 0 Å². The monoisotopic (exact) mass is 436 g/mol. The Labute approximate surface area is 162 Å². The van der Waals surface area contributed by atoms with E-state index in [9.17, 15) is 18.4 Å². The van der Waals surface area contributed by atoms with Crippen molar-refractivity contribution < 1.29 is 18.4 Å². The van der Waals surface area contributed by atoms with Gasteiger partial charge in [-0.05, 0) is 23.8 Å². The van der Waals surface area contributed by atoms with Crippen LogP contribution in [-0.2, 0) is 10.2 Å². The average molecular weight is 437 g/mol. The zero-order valence-electron chi connectivity index (χ0n) is 14.2. The molecule has 1 fully saturated rings. The Morgan fingerprint density at radius 3 is 2.70 bits per heavy atom. The fourth-order valence-corrected chi connectivity index (χ4v) is 4.13. The molecule has 2 aliphatic rings. The molecule has 1 aliphatic heterocycles. The van der Waals surface area contributed by atoms with Gasteiger partial charge in [0.1, 0.15) is 12.7 Å². The number of rotatable bonds is 3. The van der Waals surface area contributed by atoms with Crippen molar-refractivity contribution in [3.05, 3.63) is 52.0 Å². The van der Waals surface area contributed by atoms with Crippen LogP contribution in [0.25, 0.3) is 0 Å². The van der Waals surface area contributed by atoms with Crippen molar-refractivity contribution >= 4 is 33.7 Å². The SMILES string of the molecule is C[C@H]1[C@H](F)[C@@]12CN(CC(=O)Nc1ncc(F)cn1)C(=O)c1ccc(Br)cc12. The Hall–Kier alpha value is -2.42. The Kier molecular flexibility index (Phi) is 4.21. The molecule has 0 bridgehead atoms. The molecule has 1 aliphatic carbocycles. The number of carbonyl (C=O) groups is 2. The van der Waals surface area contributed by atoms with Crippen LogP contribution in [0.5, 0.6) is 0 Å². The molecule has 1 spiro atoms. The summed E-state index contributed by atoms with van der Waals surface area (Å²) in [7, 11) is 0. The molecule has 2 heterocycles. The van der Waals surface area contributed by atoms with E-state index in [0.29, 0.717) is 11.1 Å². The number of nitrogens with one attached hydrogen (secondary N) is 1. The summed E-state index contributed by atoms with van der Waals surface area (Å²) in [6.07, 6.45) is 0.777. The number of anilines is 1. The third-order valence-electron chi connectivity index (χ3n) is 5.29. The number of aromatic nitrogens is 2. The molecule has 0 radical (unpaired) electrons. The normalized spacial score (nSPS) is 26.1. The van der Waals surface area contributed by atoms with Gasteiger partial charge < -0.3 is 4.90 Å². The van der Waals surface area contributed by atoms with E-state index in [2.05, 4.69) is 31.2 Å². The van der Waals surface area contributed by atoms with E-state index in [1.807, 2.05) is 0 Å². The van der Waals surface area contributed by atoms with Crippen LogP contribution in [0.3, 0.4) is 0 Å². The zero-order valence-corrected chi connectivity index (χ0v) is 15.8. The van der Waals surface area contributed by atoms with Crippen molar-refractivity contribution in [1.82, 2.24) is 14.9 Å². The molecule has 2 amide bonds. The molecule has 2 aromatic rings. The number of amides is 2. The van der Waals surface area contributed by atoms with E-state index in [1.54, 1.807) is 25.1 Å². The maximum Gasteiger partial charge on any atom is 0.254 e. The molecule has 140 valence electrons. The molecule has 0 unspecified atom stereocenters. The standard InChI is InChI=1S/C18H15BrF2N4O2/c1-9-15(21)18(9)8-25(16(27)12-3-2-10(19)4-13(12)18)7-14(26)24-17-22-5-11(20)6-23-17/h2-6,9,15H,7-8H2,1H3,(H,22,23,24,26)/t9-,15-,18-/m0/s1. The maximum atomic E-state index is 14.6. The first kappa shape index (κ1) is 18.0. The summed E-state index contributed by atoms with van der Waals surface area (Å²) in [6, 6.07) is 5.15. The van der Waals surface area contributed by atoms with Gasteiger partial charge in [0.2, 0.25) is 11.9 Å². The summed E-state index contributed by atoms with van der Waals surface area (Å²) in [4.78, 5) is 33.8. The van der Waals surface area contributed by atoms with Crippen molar-refractivity contribution in [2.24, 2.45) is 5.92 Å². The molecule has 6 nitrogen and oxygen atoms in total. The van der Waals surface area contributed by atoms with E-state index in [-0.39, 0.29) is 30.9 Å². The predicted molar refractivity (Wildman–Crippen MR) is 96.4 cm³/mol. The van der Waals surface area contributed by atoms with Crippen molar-refractivity contribution in [3.63, 3.8) is 0 Å². The van der Waals surface area contributed by atoms with Gasteiger partial charge in [-0.2, -0.15) is 0 Å². The fraction of sp³-hybridized carbons (Fsp3) is 0.333. The molecule has 1 saturated carbocycles. The Morgan fingerprint density at radius 2 is 2.07 bits per heavy atom. The lowest BCUT2D eigenvalue weighted by Gasteiger charge is -2.34. The number of benzene rings is 1.